The summed E-state index contributed by atoms with van der Waals surface area (Å²) in [7, 11) is 0. The van der Waals surface area contributed by atoms with Gasteiger partial charge in [-0.15, -0.1) is 0 Å². The van der Waals surface area contributed by atoms with E-state index in [2.05, 4.69) is 39.8 Å². The molecule has 0 atom stereocenters. The molecular weight excluding hydrogens is 276 g/mol. The number of benzene rings is 2. The molecule has 2 rings (SSSR count). The standard InChI is InChI=1S/C16H20N2.C2H4O2/c1-9-11(3)16(18)12(4)10(2)15(9)13-5-7-14(17)8-6-13;1-2(3)4/h5-8H,17-18H2,1-4H3;1H3,(H,3,4). The summed E-state index contributed by atoms with van der Waals surface area (Å²) in [5.74, 6) is -0.833. The molecule has 0 aliphatic rings. The molecular formula is C18H24N2O2. The molecule has 5 N–H and O–H groups in total. The largest absolute Gasteiger partial charge is 0.481 e. The monoisotopic (exact) mass is 300 g/mol. The molecule has 118 valence electrons. The fourth-order valence-electron chi connectivity index (χ4n) is 2.42. The van der Waals surface area contributed by atoms with E-state index in [1.807, 2.05) is 12.1 Å². The lowest BCUT2D eigenvalue weighted by Gasteiger charge is -2.18. The van der Waals surface area contributed by atoms with Crippen LogP contribution in [0.25, 0.3) is 11.1 Å². The van der Waals surface area contributed by atoms with Gasteiger partial charge in [0.15, 0.2) is 0 Å². The summed E-state index contributed by atoms with van der Waals surface area (Å²) >= 11 is 0. The zero-order chi connectivity index (χ0) is 17.0. The Morgan fingerprint density at radius 2 is 1.23 bits per heavy atom. The number of rotatable bonds is 1. The minimum atomic E-state index is -0.833. The molecule has 0 aliphatic heterocycles. The molecule has 0 saturated heterocycles. The fourth-order valence-corrected chi connectivity index (χ4v) is 2.42. The van der Waals surface area contributed by atoms with Crippen LogP contribution in [0.5, 0.6) is 0 Å². The summed E-state index contributed by atoms with van der Waals surface area (Å²) in [4.78, 5) is 9.00. The Morgan fingerprint density at radius 3 is 1.59 bits per heavy atom. The number of anilines is 2. The van der Waals surface area contributed by atoms with Crippen LogP contribution in [-0.4, -0.2) is 11.1 Å². The highest BCUT2D eigenvalue weighted by molar-refractivity contribution is 5.78. The van der Waals surface area contributed by atoms with E-state index in [1.54, 1.807) is 0 Å². The van der Waals surface area contributed by atoms with Gasteiger partial charge in [-0.2, -0.15) is 0 Å². The van der Waals surface area contributed by atoms with Gasteiger partial charge in [0.2, 0.25) is 0 Å². The van der Waals surface area contributed by atoms with Crippen LogP contribution < -0.4 is 11.5 Å². The van der Waals surface area contributed by atoms with E-state index in [0.29, 0.717) is 0 Å². The summed E-state index contributed by atoms with van der Waals surface area (Å²) in [6.07, 6.45) is 0. The van der Waals surface area contributed by atoms with E-state index in [1.165, 1.54) is 33.4 Å². The van der Waals surface area contributed by atoms with Crippen molar-refractivity contribution in [2.45, 2.75) is 34.6 Å². The first kappa shape index (κ1) is 17.6. The molecule has 0 spiro atoms. The fraction of sp³-hybridized carbons (Fsp3) is 0.278. The Balaban J connectivity index is 0.000000541. The lowest BCUT2D eigenvalue weighted by molar-refractivity contribution is -0.134. The third kappa shape index (κ3) is 3.79. The van der Waals surface area contributed by atoms with Gasteiger partial charge in [-0.05, 0) is 73.2 Å². The lowest BCUT2D eigenvalue weighted by atomic mass is 9.88. The summed E-state index contributed by atoms with van der Waals surface area (Å²) in [6, 6.07) is 8.02. The first-order valence-electron chi connectivity index (χ1n) is 7.08. The summed E-state index contributed by atoms with van der Waals surface area (Å²) < 4.78 is 0. The van der Waals surface area contributed by atoms with Crippen LogP contribution in [0.3, 0.4) is 0 Å². The molecule has 0 amide bonds. The van der Waals surface area contributed by atoms with E-state index >= 15 is 0 Å². The van der Waals surface area contributed by atoms with Crippen molar-refractivity contribution in [3.8, 4) is 11.1 Å². The maximum absolute atomic E-state index is 9.00. The van der Waals surface area contributed by atoms with Crippen LogP contribution in [0.15, 0.2) is 24.3 Å². The Bertz CT molecular complexity index is 656. The Kier molecular flexibility index (Phi) is 5.57. The van der Waals surface area contributed by atoms with E-state index in [9.17, 15) is 0 Å². The van der Waals surface area contributed by atoms with Crippen LogP contribution in [0, 0.1) is 27.7 Å². The second kappa shape index (κ2) is 6.98. The number of carbonyl (C=O) groups is 1. The van der Waals surface area contributed by atoms with Gasteiger partial charge in [0.05, 0.1) is 0 Å². The van der Waals surface area contributed by atoms with Gasteiger partial charge in [-0.3, -0.25) is 4.79 Å². The second-order valence-corrected chi connectivity index (χ2v) is 5.43. The van der Waals surface area contributed by atoms with Crippen molar-refractivity contribution in [3.63, 3.8) is 0 Å². The van der Waals surface area contributed by atoms with Gasteiger partial charge in [-0.25, -0.2) is 0 Å². The number of hydrogen-bond donors (Lipinski definition) is 3. The average molecular weight is 300 g/mol. The molecule has 0 bridgehead atoms. The van der Waals surface area contributed by atoms with Gasteiger partial charge >= 0.3 is 0 Å². The molecule has 2 aromatic carbocycles. The molecule has 0 radical (unpaired) electrons. The maximum Gasteiger partial charge on any atom is 0.300 e. The summed E-state index contributed by atoms with van der Waals surface area (Å²) in [5, 5.41) is 7.42. The SMILES string of the molecule is CC(=O)O.Cc1c(C)c(-c2ccc(N)cc2)c(C)c(C)c1N. The number of aliphatic carboxylic acids is 1. The second-order valence-electron chi connectivity index (χ2n) is 5.43. The molecule has 22 heavy (non-hydrogen) atoms. The van der Waals surface area contributed by atoms with Gasteiger partial charge in [0.1, 0.15) is 0 Å². The van der Waals surface area contributed by atoms with Crippen molar-refractivity contribution in [2.75, 3.05) is 11.5 Å². The Labute approximate surface area is 131 Å². The van der Waals surface area contributed by atoms with Gasteiger partial charge in [0.25, 0.3) is 5.97 Å². The van der Waals surface area contributed by atoms with E-state index in [4.69, 9.17) is 21.4 Å². The van der Waals surface area contributed by atoms with Crippen LogP contribution in [-0.2, 0) is 4.79 Å². The molecule has 0 saturated carbocycles. The minimum Gasteiger partial charge on any atom is -0.481 e. The number of carboxylic acids is 1. The molecule has 0 aromatic heterocycles. The van der Waals surface area contributed by atoms with E-state index in [0.717, 1.165) is 18.3 Å². The van der Waals surface area contributed by atoms with E-state index in [-0.39, 0.29) is 0 Å². The maximum atomic E-state index is 9.00. The highest BCUT2D eigenvalue weighted by Crippen LogP contribution is 2.35. The molecule has 2 aromatic rings. The summed E-state index contributed by atoms with van der Waals surface area (Å²) in [6.45, 7) is 9.50. The number of nitrogen functional groups attached to an aromatic ring is 2. The van der Waals surface area contributed by atoms with Crippen molar-refractivity contribution in [1.29, 1.82) is 0 Å². The normalized spacial score (nSPS) is 9.86. The molecule has 0 heterocycles. The average Bonchev–Trinajstić information content (AvgIpc) is 2.45. The highest BCUT2D eigenvalue weighted by Gasteiger charge is 2.13. The third-order valence-electron chi connectivity index (χ3n) is 3.88. The molecule has 0 aliphatic carbocycles. The van der Waals surface area contributed by atoms with Crippen LogP contribution >= 0.6 is 0 Å². The van der Waals surface area contributed by atoms with Gasteiger partial charge in [-0.1, -0.05) is 12.1 Å². The Hall–Kier alpha value is -2.49. The molecule has 0 fully saturated rings. The smallest absolute Gasteiger partial charge is 0.300 e. The number of carboxylic acid groups (broad SMARTS) is 1. The minimum absolute atomic E-state index is 0.790. The van der Waals surface area contributed by atoms with Crippen LogP contribution in [0.2, 0.25) is 0 Å². The zero-order valence-electron chi connectivity index (χ0n) is 13.8. The topological polar surface area (TPSA) is 89.3 Å². The number of hydrogen-bond acceptors (Lipinski definition) is 3. The highest BCUT2D eigenvalue weighted by atomic mass is 16.4. The summed E-state index contributed by atoms with van der Waals surface area (Å²) in [5.41, 5.74) is 20.9. The molecule has 4 nitrogen and oxygen atoms in total. The predicted octanol–water partition coefficient (Wildman–Crippen LogP) is 3.84. The lowest BCUT2D eigenvalue weighted by Crippen LogP contribution is -2.02. The predicted molar refractivity (Wildman–Crippen MR) is 93.0 cm³/mol. The third-order valence-corrected chi connectivity index (χ3v) is 3.88. The van der Waals surface area contributed by atoms with E-state index < -0.39 is 5.97 Å². The van der Waals surface area contributed by atoms with Crippen molar-refractivity contribution in [3.05, 3.63) is 46.5 Å². The first-order valence-corrected chi connectivity index (χ1v) is 7.08. The van der Waals surface area contributed by atoms with Crippen molar-refractivity contribution >= 4 is 17.3 Å². The number of nitrogens with two attached hydrogens (primary N) is 2. The first-order chi connectivity index (χ1) is 10.2. The van der Waals surface area contributed by atoms with Gasteiger partial charge in [0, 0.05) is 18.3 Å². The van der Waals surface area contributed by atoms with Crippen molar-refractivity contribution in [1.82, 2.24) is 0 Å². The Morgan fingerprint density at radius 1 is 0.864 bits per heavy atom. The van der Waals surface area contributed by atoms with Crippen LogP contribution in [0.1, 0.15) is 29.2 Å². The molecule has 0 unspecified atom stereocenters. The van der Waals surface area contributed by atoms with Gasteiger partial charge < -0.3 is 16.6 Å². The quantitative estimate of drug-likeness (QED) is 0.698. The molecule has 4 heteroatoms. The zero-order valence-corrected chi connectivity index (χ0v) is 13.8. The van der Waals surface area contributed by atoms with Crippen LogP contribution in [0.4, 0.5) is 11.4 Å². The van der Waals surface area contributed by atoms with Crippen molar-refractivity contribution in [2.24, 2.45) is 0 Å². The van der Waals surface area contributed by atoms with Crippen molar-refractivity contribution < 1.29 is 9.90 Å².